The number of likely N-dealkylation sites (N-methyl/N-ethyl adjacent to an activating group) is 1. The molecule has 1 saturated heterocycles. The Balaban J connectivity index is 1.32. The van der Waals surface area contributed by atoms with Gasteiger partial charge in [0.05, 0.1) is 35.2 Å². The highest BCUT2D eigenvalue weighted by atomic mass is 35.5. The Morgan fingerprint density at radius 1 is 1.12 bits per heavy atom. The molecule has 2 atom stereocenters. The van der Waals surface area contributed by atoms with Crippen LogP contribution in [0.25, 0.3) is 0 Å². The third kappa shape index (κ3) is 6.06. The largest absolute Gasteiger partial charge is 0.491 e. The fourth-order valence-electron chi connectivity index (χ4n) is 5.06. The molecule has 1 unspecified atom stereocenters. The molecule has 2 N–H and O–H groups in total. The maximum absolute atomic E-state index is 14.0. The van der Waals surface area contributed by atoms with Crippen molar-refractivity contribution in [2.45, 2.75) is 31.7 Å². The highest BCUT2D eigenvalue weighted by molar-refractivity contribution is 6.32. The summed E-state index contributed by atoms with van der Waals surface area (Å²) in [7, 11) is 3.78. The number of amides is 1. The Bertz CT molecular complexity index is 1400. The monoisotopic (exact) mass is 565 g/mol. The molecular weight excluding hydrogens is 533 g/mol. The van der Waals surface area contributed by atoms with Gasteiger partial charge in [-0.25, -0.2) is 4.39 Å². The van der Waals surface area contributed by atoms with Crippen LogP contribution in [0.1, 0.15) is 30.1 Å². The van der Waals surface area contributed by atoms with Crippen molar-refractivity contribution in [2.75, 3.05) is 38.7 Å². The lowest BCUT2D eigenvalue weighted by Crippen LogP contribution is -2.43. The number of ether oxygens (including phenoxy) is 2. The van der Waals surface area contributed by atoms with E-state index in [9.17, 15) is 9.18 Å². The minimum absolute atomic E-state index is 0.0124. The zero-order valence-corrected chi connectivity index (χ0v) is 23.4. The summed E-state index contributed by atoms with van der Waals surface area (Å²) in [5.41, 5.74) is 9.19. The molecule has 2 aliphatic rings. The van der Waals surface area contributed by atoms with Crippen molar-refractivity contribution >= 4 is 35.2 Å². The molecule has 210 valence electrons. The van der Waals surface area contributed by atoms with Gasteiger partial charge < -0.3 is 29.9 Å². The number of nitrogens with zero attached hydrogens (tertiary/aromatic N) is 4. The van der Waals surface area contributed by atoms with E-state index < -0.39 is 6.17 Å². The van der Waals surface area contributed by atoms with Crippen LogP contribution >= 0.6 is 11.6 Å². The van der Waals surface area contributed by atoms with Gasteiger partial charge in [-0.15, -0.1) is 0 Å². The molecule has 40 heavy (non-hydrogen) atoms. The Hall–Kier alpha value is -3.66. The topological polar surface area (TPSA) is 83.6 Å². The van der Waals surface area contributed by atoms with E-state index in [2.05, 4.69) is 4.99 Å². The van der Waals surface area contributed by atoms with E-state index in [1.807, 2.05) is 53.1 Å². The number of hydrogen-bond acceptors (Lipinski definition) is 7. The minimum atomic E-state index is -0.601. The molecule has 0 bridgehead atoms. The van der Waals surface area contributed by atoms with Gasteiger partial charge in [-0.2, -0.15) is 0 Å². The van der Waals surface area contributed by atoms with Gasteiger partial charge in [0.1, 0.15) is 36.7 Å². The number of nitrogens with two attached hydrogens (primary N) is 1. The molecule has 0 aliphatic carbocycles. The van der Waals surface area contributed by atoms with Gasteiger partial charge in [0.2, 0.25) is 5.91 Å². The maximum Gasteiger partial charge on any atom is 0.237 e. The zero-order chi connectivity index (χ0) is 28.2. The molecule has 5 rings (SSSR count). The van der Waals surface area contributed by atoms with Crippen molar-refractivity contribution in [2.24, 2.45) is 10.7 Å². The quantitative estimate of drug-likeness (QED) is 0.387. The highest BCUT2D eigenvalue weighted by Crippen LogP contribution is 2.41. The Labute approximate surface area is 238 Å². The number of anilines is 2. The van der Waals surface area contributed by atoms with Crippen LogP contribution < -0.4 is 20.1 Å². The SMILES string of the molecule is CN(C)CC(=O)N1CCC[C@H]1COc1cccc2c1C(N)N=CN2c1ccc(OCc2ccccc2F)c(Cl)c1. The third-order valence-electron chi connectivity index (χ3n) is 7.06. The number of likely N-dealkylation sites (tertiary alicyclic amines) is 1. The number of fused-ring (bicyclic) bond motifs is 1. The Morgan fingerprint density at radius 3 is 2.73 bits per heavy atom. The van der Waals surface area contributed by atoms with E-state index in [0.29, 0.717) is 35.2 Å². The van der Waals surface area contributed by atoms with Gasteiger partial charge >= 0.3 is 0 Å². The standard InChI is InChI=1S/C30H33ClFN5O3/c1-35(2)16-28(38)36-14-6-8-22(36)18-40-27-11-5-10-25-29(27)30(33)34-19-37(25)21-12-13-26(23(31)15-21)39-17-20-7-3-4-9-24(20)32/h3-5,7,9-13,15,19,22,30H,6,8,14,16-18,33H2,1-2H3/t22-,30?/m0/s1. The molecule has 0 radical (unpaired) electrons. The molecule has 3 aromatic carbocycles. The Morgan fingerprint density at radius 2 is 1.95 bits per heavy atom. The summed E-state index contributed by atoms with van der Waals surface area (Å²) < 4.78 is 26.0. The molecule has 2 aliphatic heterocycles. The van der Waals surface area contributed by atoms with Crippen LogP contribution in [0.4, 0.5) is 15.8 Å². The molecule has 1 amide bonds. The zero-order valence-electron chi connectivity index (χ0n) is 22.6. The van der Waals surface area contributed by atoms with Gasteiger partial charge in [-0.3, -0.25) is 9.79 Å². The second-order valence-corrected chi connectivity index (χ2v) is 10.6. The number of aliphatic imine (C=N–C) groups is 1. The predicted molar refractivity (Wildman–Crippen MR) is 155 cm³/mol. The molecule has 3 aromatic rings. The molecule has 10 heteroatoms. The average Bonchev–Trinajstić information content (AvgIpc) is 3.41. The summed E-state index contributed by atoms with van der Waals surface area (Å²) in [6.07, 6.45) is 2.92. The first-order valence-electron chi connectivity index (χ1n) is 13.3. The van der Waals surface area contributed by atoms with E-state index >= 15 is 0 Å². The van der Waals surface area contributed by atoms with Gasteiger partial charge in [-0.05, 0) is 63.3 Å². The summed E-state index contributed by atoms with van der Waals surface area (Å²) in [6.45, 7) is 1.56. The first-order chi connectivity index (χ1) is 19.3. The molecule has 0 aromatic heterocycles. The van der Waals surface area contributed by atoms with Crippen LogP contribution in [0.2, 0.25) is 5.02 Å². The predicted octanol–water partition coefficient (Wildman–Crippen LogP) is 5.13. The molecule has 2 heterocycles. The van der Waals surface area contributed by atoms with Crippen molar-refractivity contribution < 1.29 is 18.7 Å². The second kappa shape index (κ2) is 12.2. The van der Waals surface area contributed by atoms with E-state index in [1.165, 1.54) is 6.07 Å². The van der Waals surface area contributed by atoms with E-state index in [0.717, 1.165) is 36.3 Å². The summed E-state index contributed by atoms with van der Waals surface area (Å²) in [6, 6.07) is 17.6. The lowest BCUT2D eigenvalue weighted by Gasteiger charge is -2.31. The van der Waals surface area contributed by atoms with Crippen LogP contribution in [0.5, 0.6) is 11.5 Å². The fourth-order valence-corrected chi connectivity index (χ4v) is 5.29. The molecular formula is C30H33ClFN5O3. The van der Waals surface area contributed by atoms with Crippen molar-refractivity contribution in [1.82, 2.24) is 9.80 Å². The highest BCUT2D eigenvalue weighted by Gasteiger charge is 2.31. The average molecular weight is 566 g/mol. The summed E-state index contributed by atoms with van der Waals surface area (Å²) >= 11 is 6.56. The van der Waals surface area contributed by atoms with Crippen LogP contribution in [0.3, 0.4) is 0 Å². The molecule has 0 spiro atoms. The maximum atomic E-state index is 14.0. The van der Waals surface area contributed by atoms with Crippen molar-refractivity contribution in [3.05, 3.63) is 82.6 Å². The van der Waals surface area contributed by atoms with Crippen molar-refractivity contribution in [3.63, 3.8) is 0 Å². The molecule has 1 fully saturated rings. The number of halogens is 2. The summed E-state index contributed by atoms with van der Waals surface area (Å²) in [5, 5.41) is 0.384. The van der Waals surface area contributed by atoms with Crippen LogP contribution in [0.15, 0.2) is 65.7 Å². The van der Waals surface area contributed by atoms with E-state index in [4.69, 9.17) is 26.8 Å². The van der Waals surface area contributed by atoms with Gasteiger partial charge in [0.25, 0.3) is 0 Å². The third-order valence-corrected chi connectivity index (χ3v) is 7.35. The van der Waals surface area contributed by atoms with Gasteiger partial charge in [-0.1, -0.05) is 35.9 Å². The number of rotatable bonds is 9. The van der Waals surface area contributed by atoms with Crippen LogP contribution in [0, 0.1) is 5.82 Å². The van der Waals surface area contributed by atoms with Gasteiger partial charge in [0, 0.05) is 17.8 Å². The van der Waals surface area contributed by atoms with Gasteiger partial charge in [0.15, 0.2) is 0 Å². The Kier molecular flexibility index (Phi) is 8.54. The van der Waals surface area contributed by atoms with Crippen molar-refractivity contribution in [1.29, 1.82) is 0 Å². The minimum Gasteiger partial charge on any atom is -0.491 e. The first kappa shape index (κ1) is 27.9. The van der Waals surface area contributed by atoms with E-state index in [1.54, 1.807) is 36.7 Å². The smallest absolute Gasteiger partial charge is 0.237 e. The van der Waals surface area contributed by atoms with Crippen LogP contribution in [-0.4, -0.2) is 61.9 Å². The normalized spacial score (nSPS) is 18.2. The van der Waals surface area contributed by atoms with E-state index in [-0.39, 0.29) is 24.4 Å². The number of carbonyl (C=O) groups excluding carboxylic acids is 1. The first-order valence-corrected chi connectivity index (χ1v) is 13.6. The number of hydrogen-bond donors (Lipinski definition) is 1. The number of benzene rings is 3. The lowest BCUT2D eigenvalue weighted by molar-refractivity contribution is -0.133. The molecule has 8 nitrogen and oxygen atoms in total. The summed E-state index contributed by atoms with van der Waals surface area (Å²) in [4.78, 5) is 22.9. The second-order valence-electron chi connectivity index (χ2n) is 10.2. The number of carbonyl (C=O) groups is 1. The van der Waals surface area contributed by atoms with Crippen LogP contribution in [-0.2, 0) is 11.4 Å². The lowest BCUT2D eigenvalue weighted by atomic mass is 10.1. The molecule has 0 saturated carbocycles. The van der Waals surface area contributed by atoms with Crippen molar-refractivity contribution in [3.8, 4) is 11.5 Å². The summed E-state index contributed by atoms with van der Waals surface area (Å²) in [5.74, 6) is 0.861. The fraction of sp³-hybridized carbons (Fsp3) is 0.333.